The third kappa shape index (κ3) is 2.54. The first-order valence-electron chi connectivity index (χ1n) is 8.24. The number of rotatable bonds is 4. The molecule has 3 aromatic heterocycles. The largest absolute Gasteiger partial charge is 0.461 e. The Hall–Kier alpha value is -2.41. The summed E-state index contributed by atoms with van der Waals surface area (Å²) in [7, 11) is 2.00. The van der Waals surface area contributed by atoms with Gasteiger partial charge in [0.1, 0.15) is 0 Å². The molecule has 4 rings (SSSR count). The van der Waals surface area contributed by atoms with Crippen molar-refractivity contribution in [3.05, 3.63) is 41.2 Å². The third-order valence-corrected chi connectivity index (χ3v) is 4.81. The Labute approximate surface area is 140 Å². The number of furan rings is 1. The van der Waals surface area contributed by atoms with Gasteiger partial charge in [0.2, 0.25) is 11.7 Å². The molecule has 0 unspecified atom stereocenters. The molecule has 126 valence electrons. The number of hydrogen-bond acceptors (Lipinski definition) is 6. The lowest BCUT2D eigenvalue weighted by molar-refractivity contribution is 0.211. The van der Waals surface area contributed by atoms with Crippen molar-refractivity contribution in [2.75, 3.05) is 6.54 Å². The Bertz CT molecular complexity index is 833. The zero-order valence-corrected chi connectivity index (χ0v) is 14.2. The Kier molecular flexibility index (Phi) is 3.72. The molecular formula is C17H21N5O2. The average molecular weight is 327 g/mol. The van der Waals surface area contributed by atoms with Crippen LogP contribution >= 0.6 is 0 Å². The predicted molar refractivity (Wildman–Crippen MR) is 87.1 cm³/mol. The first-order chi connectivity index (χ1) is 11.6. The zero-order chi connectivity index (χ0) is 16.7. The van der Waals surface area contributed by atoms with Crippen molar-refractivity contribution in [1.82, 2.24) is 24.8 Å². The van der Waals surface area contributed by atoms with Crippen LogP contribution in [-0.2, 0) is 13.6 Å². The molecule has 7 heteroatoms. The number of nitrogens with zero attached hydrogens (tertiary/aromatic N) is 5. The molecule has 1 fully saturated rings. The second kappa shape index (κ2) is 5.90. The predicted octanol–water partition coefficient (Wildman–Crippen LogP) is 3.02. The molecule has 4 heterocycles. The van der Waals surface area contributed by atoms with Gasteiger partial charge in [-0.05, 0) is 45.4 Å². The van der Waals surface area contributed by atoms with Gasteiger partial charge in [-0.2, -0.15) is 10.1 Å². The first kappa shape index (κ1) is 15.1. The molecule has 0 amide bonds. The average Bonchev–Trinajstić information content (AvgIpc) is 3.30. The van der Waals surface area contributed by atoms with Crippen molar-refractivity contribution < 1.29 is 8.94 Å². The minimum Gasteiger partial charge on any atom is -0.461 e. The minimum absolute atomic E-state index is 0.359. The smallest absolute Gasteiger partial charge is 0.241 e. The third-order valence-electron chi connectivity index (χ3n) is 4.81. The van der Waals surface area contributed by atoms with Crippen LogP contribution in [0.15, 0.2) is 27.3 Å². The molecule has 1 aliphatic heterocycles. The van der Waals surface area contributed by atoms with Crippen LogP contribution in [0.3, 0.4) is 0 Å². The van der Waals surface area contributed by atoms with Crippen molar-refractivity contribution in [2.45, 2.75) is 39.3 Å². The number of likely N-dealkylation sites (tertiary alicyclic amines) is 1. The van der Waals surface area contributed by atoms with E-state index in [0.29, 0.717) is 30.1 Å². The van der Waals surface area contributed by atoms with Gasteiger partial charge >= 0.3 is 0 Å². The summed E-state index contributed by atoms with van der Waals surface area (Å²) >= 11 is 0. The molecule has 1 saturated heterocycles. The highest BCUT2D eigenvalue weighted by molar-refractivity contribution is 5.44. The summed E-state index contributed by atoms with van der Waals surface area (Å²) in [5.41, 5.74) is 3.67. The van der Waals surface area contributed by atoms with E-state index in [1.807, 2.05) is 23.9 Å². The van der Waals surface area contributed by atoms with E-state index in [2.05, 4.69) is 34.0 Å². The van der Waals surface area contributed by atoms with E-state index in [1.54, 1.807) is 6.26 Å². The summed E-state index contributed by atoms with van der Waals surface area (Å²) in [6.07, 6.45) is 3.90. The Morgan fingerprint density at radius 3 is 2.92 bits per heavy atom. The van der Waals surface area contributed by atoms with E-state index in [4.69, 9.17) is 8.94 Å². The van der Waals surface area contributed by atoms with Crippen LogP contribution in [0.25, 0.3) is 11.6 Å². The molecule has 7 nitrogen and oxygen atoms in total. The maximum absolute atomic E-state index is 5.42. The fourth-order valence-electron chi connectivity index (χ4n) is 3.61. The molecule has 3 aromatic rings. The highest BCUT2D eigenvalue weighted by atomic mass is 16.5. The molecule has 0 aromatic carbocycles. The minimum atomic E-state index is 0.359. The molecule has 1 aliphatic rings. The second-order valence-electron chi connectivity index (χ2n) is 6.33. The molecule has 0 aliphatic carbocycles. The topological polar surface area (TPSA) is 73.1 Å². The summed E-state index contributed by atoms with van der Waals surface area (Å²) in [6, 6.07) is 4.00. The number of aromatic nitrogens is 4. The fraction of sp³-hybridized carbons (Fsp3) is 0.471. The van der Waals surface area contributed by atoms with E-state index in [-0.39, 0.29) is 0 Å². The van der Waals surface area contributed by atoms with E-state index in [0.717, 1.165) is 25.1 Å². The highest BCUT2D eigenvalue weighted by Crippen LogP contribution is 2.36. The molecular weight excluding hydrogens is 306 g/mol. The van der Waals surface area contributed by atoms with Crippen LogP contribution in [0, 0.1) is 13.8 Å². The summed E-state index contributed by atoms with van der Waals surface area (Å²) in [6.45, 7) is 5.89. The fourth-order valence-corrected chi connectivity index (χ4v) is 3.61. The van der Waals surface area contributed by atoms with Crippen molar-refractivity contribution in [3.8, 4) is 11.6 Å². The molecule has 0 spiro atoms. The zero-order valence-electron chi connectivity index (χ0n) is 14.2. The molecule has 1 atom stereocenters. The summed E-state index contributed by atoms with van der Waals surface area (Å²) in [5, 5.41) is 8.58. The maximum atomic E-state index is 5.42. The Morgan fingerprint density at radius 2 is 2.21 bits per heavy atom. The van der Waals surface area contributed by atoms with Crippen molar-refractivity contribution in [1.29, 1.82) is 0 Å². The van der Waals surface area contributed by atoms with Crippen LogP contribution in [0.1, 0.15) is 41.7 Å². The van der Waals surface area contributed by atoms with Crippen LogP contribution in [0.4, 0.5) is 0 Å². The number of aryl methyl sites for hydroxylation is 2. The summed E-state index contributed by atoms with van der Waals surface area (Å²) < 4.78 is 12.7. The van der Waals surface area contributed by atoms with Gasteiger partial charge in [-0.25, -0.2) is 0 Å². The molecule has 0 radical (unpaired) electrons. The van der Waals surface area contributed by atoms with Crippen molar-refractivity contribution in [2.24, 2.45) is 7.05 Å². The van der Waals surface area contributed by atoms with E-state index < -0.39 is 0 Å². The molecule has 0 bridgehead atoms. The van der Waals surface area contributed by atoms with E-state index in [1.165, 1.54) is 11.3 Å². The van der Waals surface area contributed by atoms with E-state index in [9.17, 15) is 0 Å². The highest BCUT2D eigenvalue weighted by Gasteiger charge is 2.31. The lowest BCUT2D eigenvalue weighted by atomic mass is 10.0. The van der Waals surface area contributed by atoms with Crippen molar-refractivity contribution in [3.63, 3.8) is 0 Å². The monoisotopic (exact) mass is 327 g/mol. The lowest BCUT2D eigenvalue weighted by Crippen LogP contribution is -2.23. The Morgan fingerprint density at radius 1 is 1.33 bits per heavy atom. The molecule has 0 saturated carbocycles. The summed E-state index contributed by atoms with van der Waals surface area (Å²) in [4.78, 5) is 6.86. The molecule has 24 heavy (non-hydrogen) atoms. The lowest BCUT2D eigenvalue weighted by Gasteiger charge is -2.23. The Balaban J connectivity index is 1.56. The van der Waals surface area contributed by atoms with Gasteiger partial charge in [-0.1, -0.05) is 5.16 Å². The number of hydrogen-bond donors (Lipinski definition) is 0. The molecule has 0 N–H and O–H groups in total. The van der Waals surface area contributed by atoms with Gasteiger partial charge in [0.25, 0.3) is 0 Å². The maximum Gasteiger partial charge on any atom is 0.241 e. The van der Waals surface area contributed by atoms with Gasteiger partial charge < -0.3 is 8.94 Å². The first-order valence-corrected chi connectivity index (χ1v) is 8.24. The summed E-state index contributed by atoms with van der Waals surface area (Å²) in [5.74, 6) is 1.74. The van der Waals surface area contributed by atoms with Gasteiger partial charge in [0, 0.05) is 24.3 Å². The van der Waals surface area contributed by atoms with Gasteiger partial charge in [-0.15, -0.1) is 0 Å². The van der Waals surface area contributed by atoms with Crippen LogP contribution in [-0.4, -0.2) is 31.4 Å². The normalized spacial score (nSPS) is 18.5. The van der Waals surface area contributed by atoms with Crippen LogP contribution < -0.4 is 0 Å². The van der Waals surface area contributed by atoms with Crippen molar-refractivity contribution >= 4 is 0 Å². The quantitative estimate of drug-likeness (QED) is 0.733. The standard InChI is InChI=1S/C17H21N5O2/c1-11-16(12(2)21(3)19-11)13-6-4-8-22(13)10-15-18-17(20-24-15)14-7-5-9-23-14/h5,7,9,13H,4,6,8,10H2,1-3H3/t13-/m0/s1. The van der Waals surface area contributed by atoms with Crippen LogP contribution in [0.2, 0.25) is 0 Å². The second-order valence-corrected chi connectivity index (χ2v) is 6.33. The van der Waals surface area contributed by atoms with Gasteiger partial charge in [0.05, 0.1) is 18.5 Å². The van der Waals surface area contributed by atoms with Gasteiger partial charge in [-0.3, -0.25) is 9.58 Å². The van der Waals surface area contributed by atoms with Gasteiger partial charge in [0.15, 0.2) is 5.76 Å². The SMILES string of the molecule is Cc1nn(C)c(C)c1[C@@H]1CCCN1Cc1nc(-c2ccco2)no1. The van der Waals surface area contributed by atoms with E-state index >= 15 is 0 Å². The van der Waals surface area contributed by atoms with Crippen LogP contribution in [0.5, 0.6) is 0 Å².